The molecule has 0 radical (unpaired) electrons. The van der Waals surface area contributed by atoms with Crippen molar-refractivity contribution < 1.29 is 14.4 Å². The molecule has 5 nitrogen and oxygen atoms in total. The van der Waals surface area contributed by atoms with E-state index >= 15 is 0 Å². The molecule has 1 heterocycles. The van der Waals surface area contributed by atoms with Gasteiger partial charge in [0, 0.05) is 31.8 Å². The van der Waals surface area contributed by atoms with E-state index in [-0.39, 0.29) is 47.9 Å². The van der Waals surface area contributed by atoms with Crippen LogP contribution in [0.4, 0.5) is 0 Å². The number of amides is 3. The zero-order valence-corrected chi connectivity index (χ0v) is 15.0. The van der Waals surface area contributed by atoms with Crippen molar-refractivity contribution in [2.45, 2.75) is 18.8 Å². The molecule has 2 bridgehead atoms. The van der Waals surface area contributed by atoms with Crippen LogP contribution in [0.1, 0.15) is 41.0 Å². The number of nitrogens with zero attached hydrogens (tertiary/aromatic N) is 1. The van der Waals surface area contributed by atoms with E-state index in [9.17, 15) is 14.4 Å². The third-order valence-corrected chi connectivity index (χ3v) is 6.25. The minimum atomic E-state index is -0.343. The molecule has 1 N–H and O–H groups in total. The van der Waals surface area contributed by atoms with Gasteiger partial charge in [-0.3, -0.25) is 19.3 Å². The van der Waals surface area contributed by atoms with Gasteiger partial charge >= 0.3 is 0 Å². The van der Waals surface area contributed by atoms with Crippen molar-refractivity contribution in [1.82, 2.24) is 10.2 Å². The van der Waals surface area contributed by atoms with E-state index in [2.05, 4.69) is 29.6 Å². The summed E-state index contributed by atoms with van der Waals surface area (Å²) in [5.41, 5.74) is 4.69. The van der Waals surface area contributed by atoms with Gasteiger partial charge < -0.3 is 5.32 Å². The van der Waals surface area contributed by atoms with Gasteiger partial charge in [0.2, 0.25) is 17.7 Å². The van der Waals surface area contributed by atoms with Crippen molar-refractivity contribution in [2.24, 2.45) is 11.8 Å². The largest absolute Gasteiger partial charge is 0.355 e. The Morgan fingerprint density at radius 2 is 1.26 bits per heavy atom. The number of nitrogens with one attached hydrogen (secondary N) is 1. The number of hydrogen-bond acceptors (Lipinski definition) is 3. The summed E-state index contributed by atoms with van der Waals surface area (Å²) in [6, 6.07) is 16.4. The smallest absolute Gasteiger partial charge is 0.234 e. The molecule has 2 aromatic carbocycles. The highest BCUT2D eigenvalue weighted by Gasteiger charge is 2.61. The maximum Gasteiger partial charge on any atom is 0.234 e. The van der Waals surface area contributed by atoms with Crippen molar-refractivity contribution in [2.75, 3.05) is 13.1 Å². The zero-order valence-electron chi connectivity index (χ0n) is 15.0. The standard InChI is InChI=1S/C22H20N2O3/c1-12(25)23-10-11-24-21(26)19-17-13-6-2-3-7-14(13)18(20(19)22(24)27)16-9-5-4-8-15(16)17/h2-9,17-20H,10-11H2,1H3,(H,23,25)/t17?,18?,19-,20-/m0/s1. The van der Waals surface area contributed by atoms with E-state index in [1.54, 1.807) is 0 Å². The van der Waals surface area contributed by atoms with Gasteiger partial charge in [-0.05, 0) is 22.3 Å². The molecule has 27 heavy (non-hydrogen) atoms. The van der Waals surface area contributed by atoms with Crippen LogP contribution in [0.5, 0.6) is 0 Å². The summed E-state index contributed by atoms with van der Waals surface area (Å²) in [5, 5.41) is 2.68. The summed E-state index contributed by atoms with van der Waals surface area (Å²) in [7, 11) is 0. The quantitative estimate of drug-likeness (QED) is 0.852. The summed E-state index contributed by atoms with van der Waals surface area (Å²) in [4.78, 5) is 39.0. The Kier molecular flexibility index (Phi) is 3.47. The van der Waals surface area contributed by atoms with E-state index < -0.39 is 0 Å². The van der Waals surface area contributed by atoms with E-state index in [0.29, 0.717) is 6.54 Å². The molecule has 4 aliphatic rings. The molecule has 0 saturated carbocycles. The van der Waals surface area contributed by atoms with Crippen molar-refractivity contribution in [3.05, 3.63) is 70.8 Å². The highest BCUT2D eigenvalue weighted by Crippen LogP contribution is 2.60. The second-order valence-corrected chi connectivity index (χ2v) is 7.58. The number of hydrogen-bond donors (Lipinski definition) is 1. The number of carbonyl (C=O) groups excluding carboxylic acids is 3. The third kappa shape index (κ3) is 2.14. The van der Waals surface area contributed by atoms with E-state index in [0.717, 1.165) is 0 Å². The van der Waals surface area contributed by atoms with Crippen LogP contribution in [0.25, 0.3) is 0 Å². The Morgan fingerprint density at radius 3 is 1.63 bits per heavy atom. The van der Waals surface area contributed by atoms with Crippen LogP contribution in [-0.2, 0) is 14.4 Å². The minimum Gasteiger partial charge on any atom is -0.355 e. The fraction of sp³-hybridized carbons (Fsp3) is 0.318. The zero-order chi connectivity index (χ0) is 18.7. The lowest BCUT2D eigenvalue weighted by Crippen LogP contribution is -2.41. The summed E-state index contributed by atoms with van der Waals surface area (Å²) < 4.78 is 0. The SMILES string of the molecule is CC(=O)NCCN1C(=O)[C@H]2C3c4ccccc4C(c4ccccc43)[C@@H]2C1=O. The van der Waals surface area contributed by atoms with Crippen LogP contribution in [0.2, 0.25) is 0 Å². The molecule has 3 aliphatic carbocycles. The second kappa shape index (κ2) is 5.78. The van der Waals surface area contributed by atoms with Crippen molar-refractivity contribution in [1.29, 1.82) is 0 Å². The third-order valence-electron chi connectivity index (χ3n) is 6.25. The lowest BCUT2D eigenvalue weighted by molar-refractivity contribution is -0.140. The molecule has 2 aromatic rings. The van der Waals surface area contributed by atoms with Gasteiger partial charge in [-0.2, -0.15) is 0 Å². The molecule has 136 valence electrons. The second-order valence-electron chi connectivity index (χ2n) is 7.58. The van der Waals surface area contributed by atoms with Gasteiger partial charge in [-0.1, -0.05) is 48.5 Å². The van der Waals surface area contributed by atoms with Crippen molar-refractivity contribution in [3.63, 3.8) is 0 Å². The molecule has 1 saturated heterocycles. The Balaban J connectivity index is 1.60. The van der Waals surface area contributed by atoms with Crippen LogP contribution in [0.3, 0.4) is 0 Å². The maximum absolute atomic E-state index is 13.2. The lowest BCUT2D eigenvalue weighted by atomic mass is 9.55. The summed E-state index contributed by atoms with van der Waals surface area (Å²) in [5.74, 6) is -1.20. The van der Waals surface area contributed by atoms with Crippen molar-refractivity contribution >= 4 is 17.7 Å². The first-order chi connectivity index (χ1) is 13.1. The number of imide groups is 1. The Morgan fingerprint density at radius 1 is 0.852 bits per heavy atom. The number of carbonyl (C=O) groups is 3. The summed E-state index contributed by atoms with van der Waals surface area (Å²) in [6.07, 6.45) is 0. The van der Waals surface area contributed by atoms with Gasteiger partial charge in [0.25, 0.3) is 0 Å². The van der Waals surface area contributed by atoms with Crippen LogP contribution < -0.4 is 5.32 Å². The van der Waals surface area contributed by atoms with Crippen LogP contribution in [0, 0.1) is 11.8 Å². The number of benzene rings is 2. The van der Waals surface area contributed by atoms with Gasteiger partial charge in [0.05, 0.1) is 11.8 Å². The maximum atomic E-state index is 13.2. The summed E-state index contributed by atoms with van der Waals surface area (Å²) >= 11 is 0. The van der Waals surface area contributed by atoms with E-state index in [1.807, 2.05) is 24.3 Å². The first-order valence-electron chi connectivity index (χ1n) is 9.37. The normalized spacial score (nSPS) is 27.2. The predicted molar refractivity (Wildman–Crippen MR) is 99.0 cm³/mol. The average molecular weight is 360 g/mol. The highest BCUT2D eigenvalue weighted by molar-refractivity contribution is 6.07. The van der Waals surface area contributed by atoms with Crippen LogP contribution in [0.15, 0.2) is 48.5 Å². The Bertz CT molecular complexity index is 868. The minimum absolute atomic E-state index is 0.0744. The van der Waals surface area contributed by atoms with E-state index in [1.165, 1.54) is 34.1 Å². The van der Waals surface area contributed by atoms with Gasteiger partial charge in [-0.25, -0.2) is 0 Å². The average Bonchev–Trinajstić information content (AvgIpc) is 2.93. The topological polar surface area (TPSA) is 66.5 Å². The molecule has 1 fully saturated rings. The monoisotopic (exact) mass is 360 g/mol. The number of likely N-dealkylation sites (tertiary alicyclic amines) is 1. The van der Waals surface area contributed by atoms with Crippen molar-refractivity contribution in [3.8, 4) is 0 Å². The van der Waals surface area contributed by atoms with Gasteiger partial charge in [0.15, 0.2) is 0 Å². The Hall–Kier alpha value is -2.95. The molecular weight excluding hydrogens is 340 g/mol. The predicted octanol–water partition coefficient (Wildman–Crippen LogP) is 2.01. The first kappa shape index (κ1) is 16.2. The van der Waals surface area contributed by atoms with E-state index in [4.69, 9.17) is 0 Å². The molecule has 0 aromatic heterocycles. The number of rotatable bonds is 3. The molecule has 5 heteroatoms. The molecule has 0 spiro atoms. The fourth-order valence-electron chi connectivity index (χ4n) is 5.30. The fourth-order valence-corrected chi connectivity index (χ4v) is 5.30. The first-order valence-corrected chi connectivity index (χ1v) is 9.37. The highest BCUT2D eigenvalue weighted by atomic mass is 16.2. The van der Waals surface area contributed by atoms with Gasteiger partial charge in [-0.15, -0.1) is 0 Å². The molecule has 3 amide bonds. The molecule has 2 atom stereocenters. The summed E-state index contributed by atoms with van der Waals surface area (Å²) in [6.45, 7) is 1.96. The molecule has 6 rings (SSSR count). The molecule has 0 unspecified atom stereocenters. The van der Waals surface area contributed by atoms with Crippen LogP contribution >= 0.6 is 0 Å². The lowest BCUT2D eigenvalue weighted by Gasteiger charge is -2.45. The van der Waals surface area contributed by atoms with Crippen LogP contribution in [-0.4, -0.2) is 35.7 Å². The van der Waals surface area contributed by atoms with Gasteiger partial charge in [0.1, 0.15) is 0 Å². The molecule has 1 aliphatic heterocycles. The Labute approximate surface area is 157 Å². The molecular formula is C22H20N2O3.